The van der Waals surface area contributed by atoms with Gasteiger partial charge < -0.3 is 10.5 Å². The molecule has 0 spiro atoms. The van der Waals surface area contributed by atoms with Gasteiger partial charge in [-0.3, -0.25) is 4.98 Å². The Bertz CT molecular complexity index is 511. The zero-order valence-electron chi connectivity index (χ0n) is 10.6. The van der Waals surface area contributed by atoms with E-state index >= 15 is 0 Å². The van der Waals surface area contributed by atoms with Gasteiger partial charge in [-0.1, -0.05) is 31.2 Å². The molecule has 1 aromatic carbocycles. The van der Waals surface area contributed by atoms with Crippen LogP contribution in [0, 0.1) is 0 Å². The van der Waals surface area contributed by atoms with Crippen LogP contribution in [0.3, 0.4) is 0 Å². The van der Waals surface area contributed by atoms with Gasteiger partial charge in [-0.15, -0.1) is 0 Å². The van der Waals surface area contributed by atoms with Gasteiger partial charge >= 0.3 is 0 Å². The van der Waals surface area contributed by atoms with Crippen LogP contribution in [0.2, 0.25) is 0 Å². The molecule has 2 aromatic rings. The maximum absolute atomic E-state index is 5.81. The third-order valence-electron chi connectivity index (χ3n) is 2.80. The summed E-state index contributed by atoms with van der Waals surface area (Å²) in [6.07, 6.45) is 0.965. The van der Waals surface area contributed by atoms with Crippen molar-refractivity contribution in [3.05, 3.63) is 59.4 Å². The lowest BCUT2D eigenvalue weighted by Crippen LogP contribution is -2.04. The number of para-hydroxylation sites is 1. The summed E-state index contributed by atoms with van der Waals surface area (Å²) in [6, 6.07) is 13.9. The maximum Gasteiger partial charge on any atom is 0.130 e. The van der Waals surface area contributed by atoms with Crippen LogP contribution in [0.5, 0.6) is 5.75 Å². The van der Waals surface area contributed by atoms with E-state index in [9.17, 15) is 0 Å². The average molecular weight is 242 g/mol. The van der Waals surface area contributed by atoms with Crippen LogP contribution in [-0.2, 0) is 19.6 Å². The van der Waals surface area contributed by atoms with E-state index in [0.717, 1.165) is 23.6 Å². The summed E-state index contributed by atoms with van der Waals surface area (Å²) in [6.45, 7) is 3.06. The Morgan fingerprint density at radius 1 is 1.06 bits per heavy atom. The van der Waals surface area contributed by atoms with Crippen LogP contribution in [0.15, 0.2) is 42.5 Å². The van der Waals surface area contributed by atoms with Crippen LogP contribution < -0.4 is 10.5 Å². The van der Waals surface area contributed by atoms with Gasteiger partial charge in [-0.25, -0.2) is 0 Å². The molecule has 0 atom stereocenters. The third-order valence-corrected chi connectivity index (χ3v) is 2.80. The Morgan fingerprint density at radius 2 is 1.83 bits per heavy atom. The summed E-state index contributed by atoms with van der Waals surface area (Å²) in [5, 5.41) is 0. The molecule has 0 unspecified atom stereocenters. The first-order valence-electron chi connectivity index (χ1n) is 6.19. The molecule has 2 N–H and O–H groups in total. The lowest BCUT2D eigenvalue weighted by molar-refractivity contribution is 0.298. The first-order valence-corrected chi connectivity index (χ1v) is 6.19. The molecule has 0 saturated heterocycles. The first-order chi connectivity index (χ1) is 8.83. The van der Waals surface area contributed by atoms with Gasteiger partial charge in [0, 0.05) is 6.54 Å². The fraction of sp³-hybridized carbons (Fsp3) is 0.267. The van der Waals surface area contributed by atoms with Crippen LogP contribution in [0.25, 0.3) is 0 Å². The van der Waals surface area contributed by atoms with Gasteiger partial charge in [0.25, 0.3) is 0 Å². The van der Waals surface area contributed by atoms with E-state index in [1.54, 1.807) is 0 Å². The summed E-state index contributed by atoms with van der Waals surface area (Å²) >= 11 is 0. The number of nitrogens with zero attached hydrogens (tertiary/aromatic N) is 1. The molecular formula is C15H18N2O. The van der Waals surface area contributed by atoms with Crippen LogP contribution in [0.4, 0.5) is 0 Å². The minimum Gasteiger partial charge on any atom is -0.487 e. The molecule has 1 heterocycles. The highest BCUT2D eigenvalue weighted by atomic mass is 16.5. The summed E-state index contributed by atoms with van der Waals surface area (Å²) in [4.78, 5) is 4.41. The topological polar surface area (TPSA) is 48.1 Å². The molecule has 0 saturated carbocycles. The van der Waals surface area contributed by atoms with Gasteiger partial charge in [-0.2, -0.15) is 0 Å². The monoisotopic (exact) mass is 242 g/mol. The van der Waals surface area contributed by atoms with Gasteiger partial charge in [0.2, 0.25) is 0 Å². The Morgan fingerprint density at radius 3 is 2.61 bits per heavy atom. The molecule has 0 bridgehead atoms. The number of pyridine rings is 1. The summed E-state index contributed by atoms with van der Waals surface area (Å²) < 4.78 is 5.81. The van der Waals surface area contributed by atoms with Crippen molar-refractivity contribution in [2.45, 2.75) is 26.5 Å². The highest BCUT2D eigenvalue weighted by molar-refractivity contribution is 5.33. The SMILES string of the molecule is CCc1ccccc1OCc1cccc(CN)n1. The number of benzene rings is 1. The molecular weight excluding hydrogens is 224 g/mol. The summed E-state index contributed by atoms with van der Waals surface area (Å²) in [5.74, 6) is 0.931. The fourth-order valence-electron chi connectivity index (χ4n) is 1.81. The predicted molar refractivity (Wildman–Crippen MR) is 72.3 cm³/mol. The number of aromatic nitrogens is 1. The van der Waals surface area contributed by atoms with Crippen molar-refractivity contribution in [1.82, 2.24) is 4.98 Å². The molecule has 3 nitrogen and oxygen atoms in total. The molecule has 0 aliphatic heterocycles. The quantitative estimate of drug-likeness (QED) is 0.877. The maximum atomic E-state index is 5.81. The minimum absolute atomic E-state index is 0.458. The van der Waals surface area contributed by atoms with E-state index in [1.807, 2.05) is 36.4 Å². The zero-order valence-corrected chi connectivity index (χ0v) is 10.6. The molecule has 18 heavy (non-hydrogen) atoms. The molecule has 0 radical (unpaired) electrons. The van der Waals surface area contributed by atoms with Crippen LogP contribution in [-0.4, -0.2) is 4.98 Å². The first kappa shape index (κ1) is 12.6. The van der Waals surface area contributed by atoms with Gasteiger partial charge in [0.1, 0.15) is 12.4 Å². The van der Waals surface area contributed by atoms with E-state index in [2.05, 4.69) is 18.0 Å². The second-order valence-electron chi connectivity index (χ2n) is 4.07. The van der Waals surface area contributed by atoms with Crippen molar-refractivity contribution in [1.29, 1.82) is 0 Å². The lowest BCUT2D eigenvalue weighted by Gasteiger charge is -2.10. The van der Waals surface area contributed by atoms with Crippen LogP contribution in [0.1, 0.15) is 23.9 Å². The molecule has 94 valence electrons. The average Bonchev–Trinajstić information content (AvgIpc) is 2.45. The zero-order chi connectivity index (χ0) is 12.8. The molecule has 3 heteroatoms. The van der Waals surface area contributed by atoms with Crippen LogP contribution >= 0.6 is 0 Å². The molecule has 0 fully saturated rings. The van der Waals surface area contributed by atoms with Gasteiger partial charge in [0.05, 0.1) is 11.4 Å². The number of hydrogen-bond donors (Lipinski definition) is 1. The number of ether oxygens (including phenoxy) is 1. The van der Waals surface area contributed by atoms with Gasteiger partial charge in [0.15, 0.2) is 0 Å². The number of aryl methyl sites for hydroxylation is 1. The number of hydrogen-bond acceptors (Lipinski definition) is 3. The Labute approximate surface area is 108 Å². The Kier molecular flexibility index (Phi) is 4.31. The smallest absolute Gasteiger partial charge is 0.130 e. The minimum atomic E-state index is 0.458. The molecule has 1 aromatic heterocycles. The normalized spacial score (nSPS) is 10.3. The molecule has 0 amide bonds. The summed E-state index contributed by atoms with van der Waals surface area (Å²) in [7, 11) is 0. The highest BCUT2D eigenvalue weighted by Crippen LogP contribution is 2.19. The number of rotatable bonds is 5. The van der Waals surface area contributed by atoms with E-state index in [1.165, 1.54) is 5.56 Å². The predicted octanol–water partition coefficient (Wildman–Crippen LogP) is 2.68. The van der Waals surface area contributed by atoms with Crippen molar-refractivity contribution >= 4 is 0 Å². The second kappa shape index (κ2) is 6.17. The Balaban J connectivity index is 2.06. The highest BCUT2D eigenvalue weighted by Gasteiger charge is 2.02. The number of nitrogens with two attached hydrogens (primary N) is 1. The van der Waals surface area contributed by atoms with Gasteiger partial charge in [-0.05, 0) is 30.2 Å². The van der Waals surface area contributed by atoms with E-state index in [-0.39, 0.29) is 0 Å². The van der Waals surface area contributed by atoms with Crippen molar-refractivity contribution in [3.8, 4) is 5.75 Å². The third kappa shape index (κ3) is 3.08. The standard InChI is InChI=1S/C15H18N2O/c1-2-12-6-3-4-9-15(12)18-11-14-8-5-7-13(10-16)17-14/h3-9H,2,10-11,16H2,1H3. The summed E-state index contributed by atoms with van der Waals surface area (Å²) in [5.41, 5.74) is 8.58. The van der Waals surface area contributed by atoms with E-state index < -0.39 is 0 Å². The molecule has 0 aliphatic rings. The molecule has 0 aliphatic carbocycles. The van der Waals surface area contributed by atoms with Crippen molar-refractivity contribution in [2.75, 3.05) is 0 Å². The Hall–Kier alpha value is -1.87. The van der Waals surface area contributed by atoms with E-state index in [4.69, 9.17) is 10.5 Å². The fourth-order valence-corrected chi connectivity index (χ4v) is 1.81. The van der Waals surface area contributed by atoms with E-state index in [0.29, 0.717) is 13.2 Å². The largest absolute Gasteiger partial charge is 0.487 e. The van der Waals surface area contributed by atoms with Crippen molar-refractivity contribution < 1.29 is 4.74 Å². The lowest BCUT2D eigenvalue weighted by atomic mass is 10.1. The van der Waals surface area contributed by atoms with Crippen molar-refractivity contribution in [2.24, 2.45) is 5.73 Å². The second-order valence-corrected chi connectivity index (χ2v) is 4.07. The van der Waals surface area contributed by atoms with Crippen molar-refractivity contribution in [3.63, 3.8) is 0 Å². The molecule has 2 rings (SSSR count).